The SMILES string of the molecule is [2H]c1cc(-c2c([2H])c([2H])c(C(C)(C)C)c([2H])c2[2H])c([2H])c([2H])c1-c1cc(C(C)(C)C)cc(-c2c([2H])c([2H])c3c(c2[2H])C(C)(C)CCC3(C)C)c1N1CN(c2cccc(Oc3ccc4c5c([2H])c([2H])c([2H])c([2H])c5n(-c5cc(C(C)(C)C)ccn5)c4c3)c2)c2ccccc21. The van der Waals surface area contributed by atoms with E-state index >= 15 is 0 Å². The molecule has 3 heterocycles. The van der Waals surface area contributed by atoms with Gasteiger partial charge in [-0.1, -0.05) is 193 Å². The molecule has 0 spiro atoms. The Balaban J connectivity index is 1.06. The number of ether oxygens (including phenoxy) is 1. The first-order valence-electron chi connectivity index (χ1n) is 34.4. The maximum atomic E-state index is 10.4. The highest BCUT2D eigenvalue weighted by Gasteiger charge is 2.38. The molecule has 5 nitrogen and oxygen atoms in total. The topological polar surface area (TPSA) is 33.5 Å². The third kappa shape index (κ3) is 9.49. The van der Waals surface area contributed by atoms with Gasteiger partial charge in [0.25, 0.3) is 0 Å². The normalized spacial score (nSPS) is 17.6. The fraction of sp³-hybridized carbons (Fsp3) is 0.284. The number of aromatic nitrogens is 2. The molecular weight excluding hydrogens is 961 g/mol. The van der Waals surface area contributed by atoms with Gasteiger partial charge in [0.2, 0.25) is 0 Å². The molecule has 0 radical (unpaired) electrons. The molecule has 12 rings (SSSR count). The van der Waals surface area contributed by atoms with Gasteiger partial charge in [-0.3, -0.25) is 4.57 Å². The number of anilines is 4. The molecule has 0 amide bonds. The second kappa shape index (κ2) is 18.9. The highest BCUT2D eigenvalue weighted by Crippen LogP contribution is 2.54. The summed E-state index contributed by atoms with van der Waals surface area (Å²) >= 11 is 0. The first-order chi connectivity index (χ1) is 43.4. The van der Waals surface area contributed by atoms with Gasteiger partial charge in [-0.25, -0.2) is 4.98 Å². The van der Waals surface area contributed by atoms with Gasteiger partial charge in [0.15, 0.2) is 0 Å². The smallest absolute Gasteiger partial charge is 0.137 e. The number of pyridine rings is 1. The lowest BCUT2D eigenvalue weighted by Gasteiger charge is -2.42. The molecule has 0 atom stereocenters. The molecule has 1 aliphatic heterocycles. The molecule has 0 saturated heterocycles. The van der Waals surface area contributed by atoms with Crippen LogP contribution in [0, 0.1) is 0 Å². The molecule has 398 valence electrons. The van der Waals surface area contributed by atoms with Crippen LogP contribution in [0.2, 0.25) is 0 Å². The van der Waals surface area contributed by atoms with Crippen molar-refractivity contribution in [1.82, 2.24) is 9.55 Å². The van der Waals surface area contributed by atoms with E-state index in [1.54, 1.807) is 22.9 Å². The van der Waals surface area contributed by atoms with Crippen LogP contribution in [-0.4, -0.2) is 16.2 Å². The average Bonchev–Trinajstić information content (AvgIpc) is 1.48. The van der Waals surface area contributed by atoms with Crippen LogP contribution >= 0.6 is 0 Å². The van der Waals surface area contributed by atoms with Gasteiger partial charge in [0.1, 0.15) is 24.0 Å². The number of hydrogen-bond acceptors (Lipinski definition) is 4. The van der Waals surface area contributed by atoms with E-state index < -0.39 is 33.7 Å². The van der Waals surface area contributed by atoms with E-state index in [-0.39, 0.29) is 118 Å². The van der Waals surface area contributed by atoms with Crippen LogP contribution < -0.4 is 14.5 Å². The fourth-order valence-corrected chi connectivity index (χ4v) is 11.1. The number of nitrogens with zero attached hydrogens (tertiary/aromatic N) is 4. The summed E-state index contributed by atoms with van der Waals surface area (Å²) in [6, 6.07) is 26.5. The van der Waals surface area contributed by atoms with Gasteiger partial charge in [0, 0.05) is 45.9 Å². The molecular formula is C74H76N4O. The van der Waals surface area contributed by atoms with E-state index in [0.29, 0.717) is 72.9 Å². The van der Waals surface area contributed by atoms with Crippen LogP contribution in [0.4, 0.5) is 22.7 Å². The third-order valence-corrected chi connectivity index (χ3v) is 16.0. The second-order valence-electron chi connectivity index (χ2n) is 25.7. The molecule has 10 aromatic rings. The first kappa shape index (κ1) is 37.8. The van der Waals surface area contributed by atoms with Crippen LogP contribution in [0.1, 0.15) is 150 Å². The Kier molecular flexibility index (Phi) is 9.05. The Hall–Kier alpha value is -7.89. The predicted octanol–water partition coefficient (Wildman–Crippen LogP) is 20.5. The minimum atomic E-state index is -0.757. The maximum absolute atomic E-state index is 10.4. The van der Waals surface area contributed by atoms with Gasteiger partial charge in [-0.15, -0.1) is 0 Å². The molecule has 5 heteroatoms. The fourth-order valence-electron chi connectivity index (χ4n) is 11.1. The number of rotatable bonds is 8. The highest BCUT2D eigenvalue weighted by atomic mass is 16.5. The van der Waals surface area contributed by atoms with Crippen molar-refractivity contribution in [2.75, 3.05) is 16.5 Å². The van der Waals surface area contributed by atoms with E-state index in [2.05, 4.69) is 53.4 Å². The summed E-state index contributed by atoms with van der Waals surface area (Å²) in [6.07, 6.45) is 3.20. The molecule has 1 aliphatic carbocycles. The Bertz CT molecular complexity index is 4810. The standard InChI is InChI=1S/C74H76N4O/c1-70(2,3)52-32-29-49(30-33-52)48-25-27-50(28-26-48)60-42-54(72(7,8)9)43-61(51-31-36-62-63(41-51)74(12,13)39-38-73(62,10)11)69(60)77-47-76(65-23-16-17-24-66(65)77)55-19-18-20-56(45-55)79-57-34-35-59-58-21-14-15-22-64(58)78(67(59)46-57)68-44-53(37-40-75-68)71(4,5)6/h14-37,40-46H,38-39,47H2,1-13H3/i14D,15D,21D,22D,25D,27D,28D,29D,30D,31D,32D,33D,36D,41D. The van der Waals surface area contributed by atoms with Gasteiger partial charge >= 0.3 is 0 Å². The molecule has 2 aliphatic rings. The number of benzene rings is 8. The lowest BCUT2D eigenvalue weighted by atomic mass is 9.63. The van der Waals surface area contributed by atoms with Crippen LogP contribution in [0.15, 0.2) is 188 Å². The molecule has 0 fully saturated rings. The zero-order chi connectivity index (χ0) is 67.6. The predicted molar refractivity (Wildman–Crippen MR) is 335 cm³/mol. The monoisotopic (exact) mass is 1050 g/mol. The summed E-state index contributed by atoms with van der Waals surface area (Å²) in [4.78, 5) is 8.90. The van der Waals surface area contributed by atoms with E-state index in [0.717, 1.165) is 29.7 Å². The third-order valence-electron chi connectivity index (χ3n) is 16.0. The molecule has 0 saturated carbocycles. The largest absolute Gasteiger partial charge is 0.457 e. The number of fused-ring (bicyclic) bond motifs is 5. The van der Waals surface area contributed by atoms with E-state index in [1.165, 1.54) is 6.07 Å². The summed E-state index contributed by atoms with van der Waals surface area (Å²) in [5.41, 5.74) is 4.73. The molecule has 79 heavy (non-hydrogen) atoms. The first-order valence-corrected chi connectivity index (χ1v) is 27.4. The summed E-state index contributed by atoms with van der Waals surface area (Å²) in [7, 11) is 0. The second-order valence-corrected chi connectivity index (χ2v) is 25.7. The number of hydrogen-bond donors (Lipinski definition) is 0. The minimum absolute atomic E-state index is 0.0264. The van der Waals surface area contributed by atoms with Crippen LogP contribution in [0.5, 0.6) is 11.5 Å². The Labute approximate surface area is 489 Å². The molecule has 8 aromatic carbocycles. The Morgan fingerprint density at radius 1 is 0.494 bits per heavy atom. The summed E-state index contributed by atoms with van der Waals surface area (Å²) < 4.78 is 141. The van der Waals surface area contributed by atoms with Crippen molar-refractivity contribution < 1.29 is 23.9 Å². The summed E-state index contributed by atoms with van der Waals surface area (Å²) in [5.74, 6) is 1.35. The van der Waals surface area contributed by atoms with Crippen LogP contribution in [0.3, 0.4) is 0 Å². The maximum Gasteiger partial charge on any atom is 0.137 e. The van der Waals surface area contributed by atoms with E-state index in [4.69, 9.17) is 16.6 Å². The van der Waals surface area contributed by atoms with Crippen molar-refractivity contribution >= 4 is 44.6 Å². The van der Waals surface area contributed by atoms with Crippen LogP contribution in [-0.2, 0) is 27.1 Å². The van der Waals surface area contributed by atoms with Crippen molar-refractivity contribution in [1.29, 1.82) is 0 Å². The van der Waals surface area contributed by atoms with Crippen molar-refractivity contribution in [2.45, 2.75) is 130 Å². The van der Waals surface area contributed by atoms with E-state index in [9.17, 15) is 12.3 Å². The average molecular weight is 1050 g/mol. The lowest BCUT2D eigenvalue weighted by molar-refractivity contribution is 0.332. The van der Waals surface area contributed by atoms with Crippen molar-refractivity contribution in [3.05, 3.63) is 216 Å². The molecule has 0 bridgehead atoms. The molecule has 0 unspecified atom stereocenters. The zero-order valence-electron chi connectivity index (χ0n) is 61.6. The Morgan fingerprint density at radius 3 is 1.85 bits per heavy atom. The zero-order valence-corrected chi connectivity index (χ0v) is 47.6. The van der Waals surface area contributed by atoms with Crippen molar-refractivity contribution in [3.8, 4) is 50.7 Å². The summed E-state index contributed by atoms with van der Waals surface area (Å²) in [5, 5.41) is 0.946. The van der Waals surface area contributed by atoms with Gasteiger partial charge < -0.3 is 14.5 Å². The van der Waals surface area contributed by atoms with E-state index in [1.807, 2.05) is 125 Å². The van der Waals surface area contributed by atoms with Crippen LogP contribution in [0.25, 0.3) is 61.0 Å². The number of para-hydroxylation sites is 3. The molecule has 2 aromatic heterocycles. The highest BCUT2D eigenvalue weighted by molar-refractivity contribution is 6.09. The quantitative estimate of drug-likeness (QED) is 0.152. The van der Waals surface area contributed by atoms with Gasteiger partial charge in [0.05, 0.1) is 47.3 Å². The Morgan fingerprint density at radius 2 is 1.13 bits per heavy atom. The van der Waals surface area contributed by atoms with Crippen molar-refractivity contribution in [3.63, 3.8) is 0 Å². The molecule has 0 N–H and O–H groups in total. The summed E-state index contributed by atoms with van der Waals surface area (Å²) in [6.45, 7) is 26.2. The lowest BCUT2D eigenvalue weighted by Crippen LogP contribution is -2.33. The van der Waals surface area contributed by atoms with Crippen molar-refractivity contribution in [2.24, 2.45) is 0 Å². The van der Waals surface area contributed by atoms with Gasteiger partial charge in [-0.05, 0) is 157 Å². The minimum Gasteiger partial charge on any atom is -0.457 e. The van der Waals surface area contributed by atoms with Gasteiger partial charge in [-0.2, -0.15) is 0 Å².